The van der Waals surface area contributed by atoms with Crippen molar-refractivity contribution in [3.63, 3.8) is 0 Å². The third-order valence-electron chi connectivity index (χ3n) is 3.85. The molecule has 2 heterocycles. The molecule has 1 aromatic rings. The van der Waals surface area contributed by atoms with E-state index >= 15 is 0 Å². The largest absolute Gasteiger partial charge is 0.371 e. The molecule has 1 atom stereocenters. The number of likely N-dealkylation sites (N-methyl/N-ethyl adjacent to an activating group) is 2. The number of pyridine rings is 1. The highest BCUT2D eigenvalue weighted by Gasteiger charge is 2.23. The summed E-state index contributed by atoms with van der Waals surface area (Å²) in [5.41, 5.74) is 0.0150. The molecule has 1 aliphatic rings. The number of hydrogen-bond acceptors (Lipinski definition) is 5. The van der Waals surface area contributed by atoms with E-state index in [0.717, 1.165) is 19.6 Å². The van der Waals surface area contributed by atoms with E-state index in [2.05, 4.69) is 32.5 Å². The topological polar surface area (TPSA) is 60.5 Å². The van der Waals surface area contributed by atoms with Crippen molar-refractivity contribution in [3.8, 4) is 0 Å². The number of carbonyl (C=O) groups excluding carboxylic acids is 1. The molecular weight excluding hydrogens is 273 g/mol. The van der Waals surface area contributed by atoms with Crippen molar-refractivity contribution in [2.45, 2.75) is 6.04 Å². The van der Waals surface area contributed by atoms with Crippen molar-refractivity contribution >= 4 is 11.7 Å². The third-order valence-corrected chi connectivity index (χ3v) is 3.85. The summed E-state index contributed by atoms with van der Waals surface area (Å²) < 4.78 is 14.0. The summed E-state index contributed by atoms with van der Waals surface area (Å²) in [7, 11) is 5.67. The zero-order valence-corrected chi connectivity index (χ0v) is 12.7. The van der Waals surface area contributed by atoms with Gasteiger partial charge in [0.1, 0.15) is 0 Å². The Kier molecular flexibility index (Phi) is 5.08. The van der Waals surface area contributed by atoms with Crippen LogP contribution in [0.25, 0.3) is 0 Å². The predicted octanol–water partition coefficient (Wildman–Crippen LogP) is 0.238. The van der Waals surface area contributed by atoms with Crippen LogP contribution in [0.1, 0.15) is 10.4 Å². The first-order valence-electron chi connectivity index (χ1n) is 7.02. The molecule has 0 aromatic carbocycles. The lowest BCUT2D eigenvalue weighted by Gasteiger charge is -2.37. The van der Waals surface area contributed by atoms with Gasteiger partial charge in [-0.05, 0) is 20.2 Å². The lowest BCUT2D eigenvalue weighted by atomic mass is 10.1. The number of halogens is 1. The van der Waals surface area contributed by atoms with Gasteiger partial charge in [-0.2, -0.15) is 0 Å². The Bertz CT molecular complexity index is 510. The van der Waals surface area contributed by atoms with Crippen molar-refractivity contribution in [1.29, 1.82) is 0 Å². The van der Waals surface area contributed by atoms with Gasteiger partial charge in [0.05, 0.1) is 5.56 Å². The number of rotatable bonds is 4. The Hall–Kier alpha value is -1.73. The molecule has 21 heavy (non-hydrogen) atoms. The van der Waals surface area contributed by atoms with Crippen molar-refractivity contribution < 1.29 is 9.18 Å². The van der Waals surface area contributed by atoms with E-state index in [4.69, 9.17) is 0 Å². The monoisotopic (exact) mass is 295 g/mol. The fourth-order valence-electron chi connectivity index (χ4n) is 2.42. The minimum absolute atomic E-state index is 0.0150. The first-order chi connectivity index (χ1) is 10.0. The van der Waals surface area contributed by atoms with Crippen LogP contribution in [0, 0.1) is 5.82 Å². The van der Waals surface area contributed by atoms with Gasteiger partial charge in [-0.15, -0.1) is 0 Å². The van der Waals surface area contributed by atoms with Crippen molar-refractivity contribution in [2.24, 2.45) is 0 Å². The normalized spacial score (nSPS) is 20.3. The number of carbonyl (C=O) groups is 1. The smallest absolute Gasteiger partial charge is 0.254 e. The summed E-state index contributed by atoms with van der Waals surface area (Å²) in [6, 6.07) is 1.63. The lowest BCUT2D eigenvalue weighted by Crippen LogP contribution is -2.54. The quantitative estimate of drug-likeness (QED) is 0.833. The first-order valence-corrected chi connectivity index (χ1v) is 7.02. The van der Waals surface area contributed by atoms with Crippen molar-refractivity contribution in [2.75, 3.05) is 52.6 Å². The van der Waals surface area contributed by atoms with Gasteiger partial charge < -0.3 is 15.5 Å². The number of aromatic nitrogens is 1. The van der Waals surface area contributed by atoms with Crippen LogP contribution in [-0.2, 0) is 0 Å². The highest BCUT2D eigenvalue weighted by atomic mass is 19.1. The van der Waals surface area contributed by atoms with Crippen LogP contribution in [0.15, 0.2) is 12.3 Å². The SMILES string of the molecule is CNc1nccc(C(=O)NCC2CN(C)CCN2C)c1F. The maximum atomic E-state index is 14.0. The first kappa shape index (κ1) is 15.7. The Labute approximate surface area is 124 Å². The molecule has 1 unspecified atom stereocenters. The molecule has 0 aliphatic carbocycles. The molecule has 1 aliphatic heterocycles. The van der Waals surface area contributed by atoms with Gasteiger partial charge in [-0.25, -0.2) is 9.37 Å². The number of nitrogens with zero attached hydrogens (tertiary/aromatic N) is 3. The molecule has 1 amide bonds. The van der Waals surface area contributed by atoms with E-state index in [1.54, 1.807) is 7.05 Å². The molecule has 1 saturated heterocycles. The number of anilines is 1. The van der Waals surface area contributed by atoms with Crippen LogP contribution in [0.3, 0.4) is 0 Å². The zero-order valence-electron chi connectivity index (χ0n) is 12.7. The second-order valence-corrected chi connectivity index (χ2v) is 5.38. The number of hydrogen-bond donors (Lipinski definition) is 2. The van der Waals surface area contributed by atoms with E-state index in [-0.39, 0.29) is 17.4 Å². The molecule has 1 aromatic heterocycles. The molecule has 2 N–H and O–H groups in total. The number of piperazine rings is 1. The maximum absolute atomic E-state index is 14.0. The van der Waals surface area contributed by atoms with Crippen LogP contribution in [0.4, 0.5) is 10.2 Å². The van der Waals surface area contributed by atoms with E-state index in [1.165, 1.54) is 12.3 Å². The van der Waals surface area contributed by atoms with Gasteiger partial charge >= 0.3 is 0 Å². The van der Waals surface area contributed by atoms with Crippen molar-refractivity contribution in [1.82, 2.24) is 20.1 Å². The summed E-state index contributed by atoms with van der Waals surface area (Å²) in [6.07, 6.45) is 1.42. The molecule has 6 nitrogen and oxygen atoms in total. The highest BCUT2D eigenvalue weighted by Crippen LogP contribution is 2.14. The second-order valence-electron chi connectivity index (χ2n) is 5.38. The third kappa shape index (κ3) is 3.68. The molecular formula is C14H22FN5O. The van der Waals surface area contributed by atoms with Gasteiger partial charge in [-0.1, -0.05) is 0 Å². The molecule has 2 rings (SSSR count). The van der Waals surface area contributed by atoms with Gasteiger partial charge in [0.2, 0.25) is 0 Å². The second kappa shape index (κ2) is 6.82. The van der Waals surface area contributed by atoms with Gasteiger partial charge in [-0.3, -0.25) is 9.69 Å². The highest BCUT2D eigenvalue weighted by molar-refractivity contribution is 5.95. The predicted molar refractivity (Wildman–Crippen MR) is 80.0 cm³/mol. The molecule has 7 heteroatoms. The Balaban J connectivity index is 1.98. The summed E-state index contributed by atoms with van der Waals surface area (Å²) in [4.78, 5) is 20.4. The molecule has 0 spiro atoms. The molecule has 0 radical (unpaired) electrons. The molecule has 0 bridgehead atoms. The Morgan fingerprint density at radius 2 is 2.24 bits per heavy atom. The standard InChI is InChI=1S/C14H22FN5O/c1-16-13-12(15)11(4-5-17-13)14(21)18-8-10-9-19(2)6-7-20(10)3/h4-5,10H,6-9H2,1-3H3,(H,16,17)(H,18,21). The van der Waals surface area contributed by atoms with Gasteiger partial charge in [0.25, 0.3) is 5.91 Å². The molecule has 116 valence electrons. The maximum Gasteiger partial charge on any atom is 0.254 e. The average Bonchev–Trinajstić information content (AvgIpc) is 2.48. The van der Waals surface area contributed by atoms with Crippen LogP contribution in [0.2, 0.25) is 0 Å². The number of nitrogens with one attached hydrogen (secondary N) is 2. The fraction of sp³-hybridized carbons (Fsp3) is 0.571. The van der Waals surface area contributed by atoms with Crippen LogP contribution >= 0.6 is 0 Å². The van der Waals surface area contributed by atoms with E-state index in [1.807, 2.05) is 7.05 Å². The zero-order chi connectivity index (χ0) is 15.4. The summed E-state index contributed by atoms with van der Waals surface area (Å²) in [5, 5.41) is 5.44. The van der Waals surface area contributed by atoms with E-state index in [0.29, 0.717) is 6.54 Å². The molecule has 1 fully saturated rings. The Morgan fingerprint density at radius 1 is 1.48 bits per heavy atom. The number of amides is 1. The summed E-state index contributed by atoms with van der Waals surface area (Å²) in [5.74, 6) is -0.947. The summed E-state index contributed by atoms with van der Waals surface area (Å²) in [6.45, 7) is 3.36. The van der Waals surface area contributed by atoms with Crippen molar-refractivity contribution in [3.05, 3.63) is 23.6 Å². The molecule has 0 saturated carbocycles. The van der Waals surface area contributed by atoms with E-state index < -0.39 is 11.7 Å². The van der Waals surface area contributed by atoms with Crippen LogP contribution < -0.4 is 10.6 Å². The average molecular weight is 295 g/mol. The summed E-state index contributed by atoms with van der Waals surface area (Å²) >= 11 is 0. The van der Waals surface area contributed by atoms with E-state index in [9.17, 15) is 9.18 Å². The lowest BCUT2D eigenvalue weighted by molar-refractivity contribution is 0.0877. The van der Waals surface area contributed by atoms with Crippen LogP contribution in [-0.4, -0.2) is 74.1 Å². The van der Waals surface area contributed by atoms with Gasteiger partial charge in [0.15, 0.2) is 11.6 Å². The minimum Gasteiger partial charge on any atom is -0.371 e. The fourth-order valence-corrected chi connectivity index (χ4v) is 2.42. The van der Waals surface area contributed by atoms with Crippen LogP contribution in [0.5, 0.6) is 0 Å². The Morgan fingerprint density at radius 3 is 2.95 bits per heavy atom. The minimum atomic E-state index is -0.619. The van der Waals surface area contributed by atoms with Gasteiger partial charge in [0, 0.05) is 45.5 Å².